The van der Waals surface area contributed by atoms with Crippen LogP contribution >= 0.6 is 12.2 Å². The van der Waals surface area contributed by atoms with Gasteiger partial charge in [-0.3, -0.25) is 4.79 Å². The fourth-order valence-electron chi connectivity index (χ4n) is 3.10. The first kappa shape index (κ1) is 19.7. The summed E-state index contributed by atoms with van der Waals surface area (Å²) in [5, 5.41) is 9.66. The van der Waals surface area contributed by atoms with Gasteiger partial charge < -0.3 is 25.4 Å². The lowest BCUT2D eigenvalue weighted by atomic mass is 9.94. The normalized spacial score (nSPS) is 16.1. The fraction of sp³-hybridized carbons (Fsp3) is 0.238. The van der Waals surface area contributed by atoms with Crippen molar-refractivity contribution in [2.24, 2.45) is 0 Å². The molecule has 0 radical (unpaired) electrons. The van der Waals surface area contributed by atoms with Crippen LogP contribution in [0.15, 0.2) is 53.7 Å². The zero-order valence-electron chi connectivity index (χ0n) is 16.3. The molecule has 0 spiro atoms. The Hall–Kier alpha value is -3.06. The van der Waals surface area contributed by atoms with E-state index in [1.54, 1.807) is 32.4 Å². The minimum absolute atomic E-state index is 0.242. The van der Waals surface area contributed by atoms with E-state index in [4.69, 9.17) is 21.7 Å². The number of hydrogen-bond acceptors (Lipinski definition) is 4. The molecule has 0 saturated carbocycles. The Morgan fingerprint density at radius 3 is 2.43 bits per heavy atom. The predicted molar refractivity (Wildman–Crippen MR) is 114 cm³/mol. The second kappa shape index (κ2) is 8.31. The van der Waals surface area contributed by atoms with Crippen LogP contribution in [0.1, 0.15) is 24.1 Å². The number of benzene rings is 2. The van der Waals surface area contributed by atoms with Crippen molar-refractivity contribution < 1.29 is 14.3 Å². The summed E-state index contributed by atoms with van der Waals surface area (Å²) in [5.74, 6) is 0.924. The number of allylic oxidation sites excluding steroid dienone is 1. The number of rotatable bonds is 5. The number of hydrogen-bond donors (Lipinski definition) is 3. The first-order valence-corrected chi connectivity index (χ1v) is 9.22. The molecule has 28 heavy (non-hydrogen) atoms. The van der Waals surface area contributed by atoms with Gasteiger partial charge in [0.2, 0.25) is 0 Å². The van der Waals surface area contributed by atoms with Crippen molar-refractivity contribution in [1.29, 1.82) is 0 Å². The summed E-state index contributed by atoms with van der Waals surface area (Å²) in [6.07, 6.45) is 0. The van der Waals surface area contributed by atoms with E-state index in [2.05, 4.69) is 16.0 Å². The number of methoxy groups -OCH3 is 2. The summed E-state index contributed by atoms with van der Waals surface area (Å²) in [6, 6.07) is 12.9. The van der Waals surface area contributed by atoms with Gasteiger partial charge >= 0.3 is 0 Å². The van der Waals surface area contributed by atoms with Crippen LogP contribution in [-0.2, 0) is 4.79 Å². The fourth-order valence-corrected chi connectivity index (χ4v) is 3.37. The minimum atomic E-state index is -0.349. The highest BCUT2D eigenvalue weighted by molar-refractivity contribution is 7.80. The third-order valence-corrected chi connectivity index (χ3v) is 4.80. The number of ether oxygens (including phenoxy) is 2. The van der Waals surface area contributed by atoms with Gasteiger partial charge in [-0.1, -0.05) is 29.8 Å². The van der Waals surface area contributed by atoms with Crippen molar-refractivity contribution in [3.8, 4) is 11.5 Å². The Kier molecular flexibility index (Phi) is 5.84. The highest BCUT2D eigenvalue weighted by Gasteiger charge is 2.30. The zero-order valence-corrected chi connectivity index (χ0v) is 17.1. The van der Waals surface area contributed by atoms with Crippen molar-refractivity contribution in [3.63, 3.8) is 0 Å². The second-order valence-electron chi connectivity index (χ2n) is 6.50. The van der Waals surface area contributed by atoms with Crippen LogP contribution in [0.25, 0.3) is 0 Å². The molecule has 0 fully saturated rings. The molecule has 6 nitrogen and oxygen atoms in total. The van der Waals surface area contributed by atoms with E-state index in [1.807, 2.05) is 38.1 Å². The molecule has 0 saturated heterocycles. The Labute approximate surface area is 169 Å². The molecule has 0 unspecified atom stereocenters. The van der Waals surface area contributed by atoms with Crippen molar-refractivity contribution in [1.82, 2.24) is 10.6 Å². The first-order chi connectivity index (χ1) is 13.4. The monoisotopic (exact) mass is 397 g/mol. The molecular formula is C21H23N3O3S. The summed E-state index contributed by atoms with van der Waals surface area (Å²) in [5.41, 5.74) is 3.94. The highest BCUT2D eigenvalue weighted by atomic mass is 32.1. The molecular weight excluding hydrogens is 374 g/mol. The van der Waals surface area contributed by atoms with Crippen LogP contribution in [0.3, 0.4) is 0 Å². The molecule has 1 heterocycles. The summed E-state index contributed by atoms with van der Waals surface area (Å²) in [6.45, 7) is 3.86. The van der Waals surface area contributed by atoms with E-state index in [1.165, 1.54) is 0 Å². The first-order valence-electron chi connectivity index (χ1n) is 8.81. The number of nitrogens with one attached hydrogen (secondary N) is 3. The summed E-state index contributed by atoms with van der Waals surface area (Å²) in [4.78, 5) is 13.2. The van der Waals surface area contributed by atoms with Gasteiger partial charge in [0, 0.05) is 11.8 Å². The Bertz CT molecular complexity index is 938. The maximum absolute atomic E-state index is 13.2. The van der Waals surface area contributed by atoms with Gasteiger partial charge in [0.15, 0.2) is 5.11 Å². The largest absolute Gasteiger partial charge is 0.497 e. The number of carbonyl (C=O) groups is 1. The summed E-state index contributed by atoms with van der Waals surface area (Å²) in [7, 11) is 3.13. The average molecular weight is 398 g/mol. The molecule has 3 rings (SSSR count). The van der Waals surface area contributed by atoms with Crippen molar-refractivity contribution >= 4 is 28.9 Å². The Balaban J connectivity index is 1.94. The zero-order chi connectivity index (χ0) is 20.3. The molecule has 0 aliphatic carbocycles. The molecule has 1 amide bonds. The van der Waals surface area contributed by atoms with Gasteiger partial charge in [0.1, 0.15) is 11.5 Å². The van der Waals surface area contributed by atoms with E-state index < -0.39 is 0 Å². The van der Waals surface area contributed by atoms with E-state index in [0.717, 1.165) is 11.1 Å². The molecule has 1 aliphatic rings. The van der Waals surface area contributed by atoms with Gasteiger partial charge in [0.25, 0.3) is 5.91 Å². The smallest absolute Gasteiger partial charge is 0.255 e. The standard InChI is InChI=1S/C21H23N3O3S/c1-12-5-7-14(8-6-12)19-18(13(2)22-21(28)24-19)20(25)23-16-10-9-15(26-3)11-17(16)27-4/h5-11,19H,1-4H3,(H,23,25)(H2,22,24,28)/t19-/m0/s1. The van der Waals surface area contributed by atoms with Crippen LogP contribution in [0.2, 0.25) is 0 Å². The van der Waals surface area contributed by atoms with Crippen LogP contribution in [-0.4, -0.2) is 25.2 Å². The van der Waals surface area contributed by atoms with E-state index in [9.17, 15) is 4.79 Å². The number of aryl methyl sites for hydroxylation is 1. The maximum atomic E-state index is 13.2. The van der Waals surface area contributed by atoms with Gasteiger partial charge in [-0.2, -0.15) is 0 Å². The average Bonchev–Trinajstić information content (AvgIpc) is 2.68. The third-order valence-electron chi connectivity index (χ3n) is 4.58. The number of carbonyl (C=O) groups excluding carboxylic acids is 1. The maximum Gasteiger partial charge on any atom is 0.255 e. The summed E-state index contributed by atoms with van der Waals surface area (Å²) < 4.78 is 10.6. The van der Waals surface area contributed by atoms with Crippen molar-refractivity contribution in [3.05, 3.63) is 64.9 Å². The van der Waals surface area contributed by atoms with Gasteiger partial charge in [-0.25, -0.2) is 0 Å². The number of amides is 1. The lowest BCUT2D eigenvalue weighted by Crippen LogP contribution is -2.45. The topological polar surface area (TPSA) is 71.6 Å². The van der Waals surface area contributed by atoms with E-state index in [-0.39, 0.29) is 11.9 Å². The molecule has 1 aliphatic heterocycles. The SMILES string of the molecule is COc1ccc(NC(=O)C2=C(C)NC(=S)N[C@H]2c2ccc(C)cc2)c(OC)c1. The van der Waals surface area contributed by atoms with Crippen LogP contribution < -0.4 is 25.4 Å². The Morgan fingerprint density at radius 2 is 1.79 bits per heavy atom. The molecule has 3 N–H and O–H groups in total. The lowest BCUT2D eigenvalue weighted by molar-refractivity contribution is -0.113. The predicted octanol–water partition coefficient (Wildman–Crippen LogP) is 3.44. The van der Waals surface area contributed by atoms with Crippen molar-refractivity contribution in [2.75, 3.05) is 19.5 Å². The van der Waals surface area contributed by atoms with Crippen molar-refractivity contribution in [2.45, 2.75) is 19.9 Å². The molecule has 2 aromatic carbocycles. The van der Waals surface area contributed by atoms with Crippen LogP contribution in [0.5, 0.6) is 11.5 Å². The summed E-state index contributed by atoms with van der Waals surface area (Å²) >= 11 is 5.30. The Morgan fingerprint density at radius 1 is 1.07 bits per heavy atom. The molecule has 2 aromatic rings. The minimum Gasteiger partial charge on any atom is -0.497 e. The molecule has 0 aromatic heterocycles. The van der Waals surface area contributed by atoms with Gasteiger partial charge in [-0.05, 0) is 43.8 Å². The molecule has 146 valence electrons. The van der Waals surface area contributed by atoms with E-state index >= 15 is 0 Å². The van der Waals surface area contributed by atoms with Crippen LogP contribution in [0, 0.1) is 6.92 Å². The third kappa shape index (κ3) is 4.09. The second-order valence-corrected chi connectivity index (χ2v) is 6.91. The quantitative estimate of drug-likeness (QED) is 0.672. The van der Waals surface area contributed by atoms with Gasteiger partial charge in [0.05, 0.1) is 31.5 Å². The van der Waals surface area contributed by atoms with Crippen LogP contribution in [0.4, 0.5) is 5.69 Å². The number of anilines is 1. The van der Waals surface area contributed by atoms with Gasteiger partial charge in [-0.15, -0.1) is 0 Å². The number of thiocarbonyl (C=S) groups is 1. The highest BCUT2D eigenvalue weighted by Crippen LogP contribution is 2.32. The molecule has 1 atom stereocenters. The molecule has 0 bridgehead atoms. The van der Waals surface area contributed by atoms with E-state index in [0.29, 0.717) is 33.6 Å². The lowest BCUT2D eigenvalue weighted by Gasteiger charge is -2.30. The molecule has 7 heteroatoms.